The number of amides is 1. The lowest BCUT2D eigenvalue weighted by Gasteiger charge is -2.23. The number of anilines is 1. The predicted octanol–water partition coefficient (Wildman–Crippen LogP) is 4.38. The number of aromatic nitrogens is 3. The number of carbonyl (C=O) groups is 1. The van der Waals surface area contributed by atoms with Gasteiger partial charge in [-0.2, -0.15) is 13.2 Å². The van der Waals surface area contributed by atoms with Crippen molar-refractivity contribution in [2.75, 3.05) is 31.1 Å². The summed E-state index contributed by atoms with van der Waals surface area (Å²) in [7, 11) is 0. The first-order valence-electron chi connectivity index (χ1n) is 11.2. The van der Waals surface area contributed by atoms with Crippen molar-refractivity contribution in [1.29, 1.82) is 0 Å². The molecule has 6 nitrogen and oxygen atoms in total. The molecule has 2 saturated heterocycles. The van der Waals surface area contributed by atoms with Crippen LogP contribution in [-0.2, 0) is 6.18 Å². The van der Waals surface area contributed by atoms with Crippen molar-refractivity contribution < 1.29 is 18.0 Å². The van der Waals surface area contributed by atoms with E-state index in [-0.39, 0.29) is 17.7 Å². The number of nitrogens with zero attached hydrogens (tertiary/aromatic N) is 5. The van der Waals surface area contributed by atoms with Gasteiger partial charge in [0.05, 0.1) is 11.3 Å². The van der Waals surface area contributed by atoms with Crippen molar-refractivity contribution in [2.24, 2.45) is 11.8 Å². The van der Waals surface area contributed by atoms with Gasteiger partial charge in [0, 0.05) is 62.2 Å². The van der Waals surface area contributed by atoms with Crippen LogP contribution in [0.5, 0.6) is 0 Å². The molecule has 0 aromatic carbocycles. The minimum Gasteiger partial charge on any atom is -0.356 e. The van der Waals surface area contributed by atoms with Gasteiger partial charge in [-0.3, -0.25) is 14.8 Å². The molecule has 0 radical (unpaired) electrons. The maximum absolute atomic E-state index is 13.5. The first-order chi connectivity index (χ1) is 16.2. The number of rotatable bonds is 3. The van der Waals surface area contributed by atoms with E-state index in [4.69, 9.17) is 0 Å². The van der Waals surface area contributed by atoms with E-state index in [9.17, 15) is 18.0 Å². The van der Waals surface area contributed by atoms with E-state index >= 15 is 0 Å². The van der Waals surface area contributed by atoms with Crippen molar-refractivity contribution in [3.63, 3.8) is 0 Å². The summed E-state index contributed by atoms with van der Waals surface area (Å²) < 4.78 is 38.5. The molecule has 0 bridgehead atoms. The molecule has 0 saturated carbocycles. The van der Waals surface area contributed by atoms with Gasteiger partial charge < -0.3 is 9.80 Å². The Morgan fingerprint density at radius 3 is 2.32 bits per heavy atom. The first kappa shape index (κ1) is 22.3. The summed E-state index contributed by atoms with van der Waals surface area (Å²) in [6, 6.07) is 8.26. The van der Waals surface area contributed by atoms with Crippen LogP contribution in [-0.4, -0.2) is 51.9 Å². The fourth-order valence-electron chi connectivity index (χ4n) is 4.92. The van der Waals surface area contributed by atoms with Gasteiger partial charge in [0.2, 0.25) is 0 Å². The zero-order chi connectivity index (χ0) is 24.0. The number of alkyl halides is 3. The number of likely N-dealkylation sites (tertiary alicyclic amines) is 1. The Morgan fingerprint density at radius 1 is 0.971 bits per heavy atom. The molecule has 2 atom stereocenters. The Morgan fingerprint density at radius 2 is 1.71 bits per heavy atom. The average molecular weight is 467 g/mol. The van der Waals surface area contributed by atoms with E-state index in [1.54, 1.807) is 12.4 Å². The second kappa shape index (κ2) is 8.38. The van der Waals surface area contributed by atoms with E-state index in [0.29, 0.717) is 37.7 Å². The molecule has 5 rings (SSSR count). The molecule has 34 heavy (non-hydrogen) atoms. The Hall–Kier alpha value is -3.49. The number of hydrogen-bond acceptors (Lipinski definition) is 5. The maximum Gasteiger partial charge on any atom is 0.417 e. The second-order valence-electron chi connectivity index (χ2n) is 9.12. The van der Waals surface area contributed by atoms with Crippen LogP contribution in [0.3, 0.4) is 0 Å². The zero-order valence-electron chi connectivity index (χ0n) is 18.9. The van der Waals surface area contributed by atoms with E-state index in [0.717, 1.165) is 34.6 Å². The molecule has 3 aromatic rings. The van der Waals surface area contributed by atoms with Crippen LogP contribution >= 0.6 is 0 Å². The lowest BCUT2D eigenvalue weighted by molar-refractivity contribution is -0.137. The standard InChI is InChI=1S/C25H24F3N5O/c1-15-8-20(22-16(2)4-3-7-29-22)23(31-9-15)24(34)33-13-17-11-32(12-18(17)14-33)21-6-5-19(10-30-21)25(26,27)28/h3-10,17-18H,11-14H2,1-2H3. The fraction of sp³-hybridized carbons (Fsp3) is 0.360. The molecule has 2 unspecified atom stereocenters. The Bertz CT molecular complexity index is 1210. The third-order valence-electron chi connectivity index (χ3n) is 6.66. The molecular formula is C25H24F3N5O. The summed E-state index contributed by atoms with van der Waals surface area (Å²) in [4.78, 5) is 30.3. The minimum atomic E-state index is -4.40. The van der Waals surface area contributed by atoms with Crippen molar-refractivity contribution in [2.45, 2.75) is 20.0 Å². The van der Waals surface area contributed by atoms with Crippen molar-refractivity contribution in [3.8, 4) is 11.3 Å². The number of aryl methyl sites for hydroxylation is 2. The number of hydrogen-bond donors (Lipinski definition) is 0. The molecule has 0 spiro atoms. The molecule has 0 N–H and O–H groups in total. The van der Waals surface area contributed by atoms with Crippen LogP contribution in [0.25, 0.3) is 11.3 Å². The van der Waals surface area contributed by atoms with Crippen LogP contribution in [0.4, 0.5) is 19.0 Å². The maximum atomic E-state index is 13.5. The molecular weight excluding hydrogens is 443 g/mol. The summed E-state index contributed by atoms with van der Waals surface area (Å²) in [5, 5.41) is 0. The molecule has 176 valence electrons. The highest BCUT2D eigenvalue weighted by atomic mass is 19.4. The lowest BCUT2D eigenvalue weighted by Crippen LogP contribution is -2.34. The lowest BCUT2D eigenvalue weighted by atomic mass is 10.0. The molecule has 2 aliphatic rings. The van der Waals surface area contributed by atoms with Crippen LogP contribution in [0.2, 0.25) is 0 Å². The van der Waals surface area contributed by atoms with E-state index in [1.807, 2.05) is 41.8 Å². The summed E-state index contributed by atoms with van der Waals surface area (Å²) in [6.45, 7) is 6.37. The Balaban J connectivity index is 1.31. The largest absolute Gasteiger partial charge is 0.417 e. The van der Waals surface area contributed by atoms with Gasteiger partial charge in [-0.05, 0) is 49.2 Å². The van der Waals surface area contributed by atoms with Gasteiger partial charge in [-0.15, -0.1) is 0 Å². The summed E-state index contributed by atoms with van der Waals surface area (Å²) in [5.41, 5.74) is 3.05. The molecule has 3 aromatic heterocycles. The van der Waals surface area contributed by atoms with Gasteiger partial charge in [0.1, 0.15) is 11.5 Å². The van der Waals surface area contributed by atoms with Gasteiger partial charge >= 0.3 is 6.18 Å². The summed E-state index contributed by atoms with van der Waals surface area (Å²) in [5.74, 6) is 0.888. The third-order valence-corrected chi connectivity index (χ3v) is 6.66. The third kappa shape index (κ3) is 4.10. The molecule has 0 aliphatic carbocycles. The predicted molar refractivity (Wildman–Crippen MR) is 121 cm³/mol. The van der Waals surface area contributed by atoms with Crippen LogP contribution in [0.15, 0.2) is 48.9 Å². The Labute approximate surface area is 195 Å². The average Bonchev–Trinajstić information content (AvgIpc) is 3.38. The SMILES string of the molecule is Cc1cnc(C(=O)N2CC3CN(c4ccc(C(F)(F)F)cn4)CC3C2)c(-c2ncccc2C)c1. The highest BCUT2D eigenvalue weighted by molar-refractivity contribution is 5.99. The minimum absolute atomic E-state index is 0.117. The fourth-order valence-corrected chi connectivity index (χ4v) is 4.92. The number of carbonyl (C=O) groups excluding carboxylic acids is 1. The van der Waals surface area contributed by atoms with Gasteiger partial charge in [-0.1, -0.05) is 6.07 Å². The topological polar surface area (TPSA) is 62.2 Å². The van der Waals surface area contributed by atoms with E-state index in [1.165, 1.54) is 6.07 Å². The molecule has 2 aliphatic heterocycles. The van der Waals surface area contributed by atoms with Crippen LogP contribution in [0, 0.1) is 25.7 Å². The van der Waals surface area contributed by atoms with Gasteiger partial charge in [-0.25, -0.2) is 4.98 Å². The monoisotopic (exact) mass is 467 g/mol. The number of fused-ring (bicyclic) bond motifs is 1. The molecule has 2 fully saturated rings. The first-order valence-corrected chi connectivity index (χ1v) is 11.2. The normalized spacial score (nSPS) is 20.0. The molecule has 1 amide bonds. The number of halogens is 3. The van der Waals surface area contributed by atoms with Crippen molar-refractivity contribution in [3.05, 3.63) is 71.3 Å². The van der Waals surface area contributed by atoms with Gasteiger partial charge in [0.15, 0.2) is 0 Å². The molecule has 9 heteroatoms. The number of pyridine rings is 3. The van der Waals surface area contributed by atoms with E-state index in [2.05, 4.69) is 15.0 Å². The Kier molecular flexibility index (Phi) is 5.50. The van der Waals surface area contributed by atoms with Crippen LogP contribution < -0.4 is 4.90 Å². The smallest absolute Gasteiger partial charge is 0.356 e. The van der Waals surface area contributed by atoms with Gasteiger partial charge in [0.25, 0.3) is 5.91 Å². The zero-order valence-corrected chi connectivity index (χ0v) is 18.9. The quantitative estimate of drug-likeness (QED) is 0.572. The van der Waals surface area contributed by atoms with Crippen LogP contribution in [0.1, 0.15) is 27.2 Å². The summed E-state index contributed by atoms with van der Waals surface area (Å²) >= 11 is 0. The highest BCUT2D eigenvalue weighted by Crippen LogP contribution is 2.36. The van der Waals surface area contributed by atoms with E-state index < -0.39 is 11.7 Å². The summed E-state index contributed by atoms with van der Waals surface area (Å²) in [6.07, 6.45) is -0.110. The molecule has 5 heterocycles. The van der Waals surface area contributed by atoms with Crippen molar-refractivity contribution >= 4 is 11.7 Å². The van der Waals surface area contributed by atoms with Crippen molar-refractivity contribution in [1.82, 2.24) is 19.9 Å². The second-order valence-corrected chi connectivity index (χ2v) is 9.12. The highest BCUT2D eigenvalue weighted by Gasteiger charge is 2.43.